The highest BCUT2D eigenvalue weighted by molar-refractivity contribution is 14.0. The molecule has 2 fully saturated rings. The summed E-state index contributed by atoms with van der Waals surface area (Å²) in [6.07, 6.45) is 1.54. The first-order chi connectivity index (χ1) is 14.1. The first-order valence-corrected chi connectivity index (χ1v) is 10.5. The molecule has 1 unspecified atom stereocenters. The van der Waals surface area contributed by atoms with E-state index in [1.807, 2.05) is 31.2 Å². The molecule has 9 heteroatoms. The number of aliphatic hydroxyl groups excluding tert-OH is 1. The minimum absolute atomic E-state index is 0. The van der Waals surface area contributed by atoms with Crippen LogP contribution in [-0.4, -0.2) is 85.7 Å². The molecule has 30 heavy (non-hydrogen) atoms. The molecule has 168 valence electrons. The third-order valence-corrected chi connectivity index (χ3v) is 5.21. The van der Waals surface area contributed by atoms with Crippen LogP contribution < -0.4 is 15.4 Å². The van der Waals surface area contributed by atoms with Crippen molar-refractivity contribution in [3.8, 4) is 5.75 Å². The number of carbonyl (C=O) groups excluding carboxylic acids is 1. The Hall–Kier alpha value is -1.59. The van der Waals surface area contributed by atoms with Crippen LogP contribution in [0.5, 0.6) is 5.75 Å². The van der Waals surface area contributed by atoms with Crippen LogP contribution in [0.4, 0.5) is 0 Å². The minimum atomic E-state index is -0.689. The van der Waals surface area contributed by atoms with Crippen molar-refractivity contribution in [1.29, 1.82) is 0 Å². The highest BCUT2D eigenvalue weighted by Crippen LogP contribution is 2.20. The summed E-state index contributed by atoms with van der Waals surface area (Å²) >= 11 is 0. The van der Waals surface area contributed by atoms with Gasteiger partial charge in [-0.15, -0.1) is 24.0 Å². The van der Waals surface area contributed by atoms with E-state index in [4.69, 9.17) is 4.74 Å². The zero-order valence-corrected chi connectivity index (χ0v) is 20.2. The summed E-state index contributed by atoms with van der Waals surface area (Å²) in [5, 5.41) is 16.9. The number of amides is 1. The summed E-state index contributed by atoms with van der Waals surface area (Å²) in [7, 11) is 1.61. The normalized spacial score (nSPS) is 18.4. The number of rotatable bonds is 8. The predicted molar refractivity (Wildman–Crippen MR) is 129 cm³/mol. The van der Waals surface area contributed by atoms with E-state index >= 15 is 0 Å². The summed E-state index contributed by atoms with van der Waals surface area (Å²) in [6, 6.07) is 7.84. The molecular weight excluding hydrogens is 497 g/mol. The van der Waals surface area contributed by atoms with E-state index in [9.17, 15) is 9.90 Å². The van der Waals surface area contributed by atoms with E-state index in [1.54, 1.807) is 7.11 Å². The molecule has 1 atom stereocenters. The number of nitrogens with zero attached hydrogens (tertiary/aromatic N) is 3. The Bertz CT molecular complexity index is 706. The van der Waals surface area contributed by atoms with Crippen molar-refractivity contribution >= 4 is 35.8 Å². The first kappa shape index (κ1) is 24.7. The molecule has 1 heterocycles. The lowest BCUT2D eigenvalue weighted by Crippen LogP contribution is -2.54. The Morgan fingerprint density at radius 1 is 1.30 bits per heavy atom. The van der Waals surface area contributed by atoms with Gasteiger partial charge in [-0.05, 0) is 37.5 Å². The molecule has 2 aliphatic rings. The number of nitrogens with one attached hydrogen (secondary N) is 2. The van der Waals surface area contributed by atoms with Crippen LogP contribution in [0, 0.1) is 0 Å². The monoisotopic (exact) mass is 531 g/mol. The Labute approximate surface area is 196 Å². The molecule has 1 saturated heterocycles. The van der Waals surface area contributed by atoms with E-state index in [2.05, 4.69) is 25.4 Å². The van der Waals surface area contributed by atoms with Gasteiger partial charge in [-0.1, -0.05) is 12.1 Å². The Morgan fingerprint density at radius 3 is 2.67 bits per heavy atom. The fourth-order valence-corrected chi connectivity index (χ4v) is 3.37. The van der Waals surface area contributed by atoms with Gasteiger partial charge in [0.2, 0.25) is 5.91 Å². The van der Waals surface area contributed by atoms with Crippen LogP contribution in [0.25, 0.3) is 0 Å². The average molecular weight is 531 g/mol. The van der Waals surface area contributed by atoms with Crippen LogP contribution in [0.1, 0.15) is 31.4 Å². The van der Waals surface area contributed by atoms with Crippen molar-refractivity contribution in [1.82, 2.24) is 20.4 Å². The molecule has 0 spiro atoms. The Balaban J connectivity index is 0.00000320. The van der Waals surface area contributed by atoms with Gasteiger partial charge in [0, 0.05) is 38.8 Å². The molecule has 3 N–H and O–H groups in total. The summed E-state index contributed by atoms with van der Waals surface area (Å²) < 4.78 is 5.23. The standard InChI is InChI=1S/C21H33N5O3.HI/c1-3-22-21(23-14-19(27)16-5-4-6-18(13-16)29-2)26-11-9-25(10-12-26)15-20(28)24-17-7-8-17;/h4-6,13,17,19,27H,3,7-12,14-15H2,1-2H3,(H,22,23)(H,24,28);1H. The van der Waals surface area contributed by atoms with Crippen molar-refractivity contribution in [3.05, 3.63) is 29.8 Å². The summed E-state index contributed by atoms with van der Waals surface area (Å²) in [5.41, 5.74) is 0.787. The number of methoxy groups -OCH3 is 1. The van der Waals surface area contributed by atoms with Gasteiger partial charge in [-0.3, -0.25) is 14.7 Å². The summed E-state index contributed by atoms with van der Waals surface area (Å²) in [5.74, 6) is 1.65. The molecule has 0 bridgehead atoms. The van der Waals surface area contributed by atoms with Gasteiger partial charge in [-0.2, -0.15) is 0 Å². The SMILES string of the molecule is CCNC(=NCC(O)c1cccc(OC)c1)N1CCN(CC(=O)NC2CC2)CC1.I. The minimum Gasteiger partial charge on any atom is -0.497 e. The van der Waals surface area contributed by atoms with Crippen LogP contribution in [0.3, 0.4) is 0 Å². The molecule has 1 saturated carbocycles. The molecule has 3 rings (SSSR count). The van der Waals surface area contributed by atoms with Gasteiger partial charge in [-0.25, -0.2) is 0 Å². The third kappa shape index (κ3) is 7.59. The summed E-state index contributed by atoms with van der Waals surface area (Å²) in [4.78, 5) is 21.0. The zero-order valence-electron chi connectivity index (χ0n) is 17.8. The number of ether oxygens (including phenoxy) is 1. The second-order valence-electron chi connectivity index (χ2n) is 7.59. The number of aliphatic imine (C=N–C) groups is 1. The average Bonchev–Trinajstić information content (AvgIpc) is 3.55. The smallest absolute Gasteiger partial charge is 0.234 e. The number of guanidine groups is 1. The number of carbonyl (C=O) groups is 1. The zero-order chi connectivity index (χ0) is 20.6. The molecule has 0 radical (unpaired) electrons. The lowest BCUT2D eigenvalue weighted by Gasteiger charge is -2.36. The maximum Gasteiger partial charge on any atom is 0.234 e. The summed E-state index contributed by atoms with van der Waals surface area (Å²) in [6.45, 7) is 6.79. The molecule has 1 aromatic carbocycles. The van der Waals surface area contributed by atoms with Gasteiger partial charge in [0.15, 0.2) is 5.96 Å². The molecule has 0 aromatic heterocycles. The fourth-order valence-electron chi connectivity index (χ4n) is 3.37. The lowest BCUT2D eigenvalue weighted by molar-refractivity contribution is -0.122. The topological polar surface area (TPSA) is 89.4 Å². The third-order valence-electron chi connectivity index (χ3n) is 5.21. The molecular formula is C21H34IN5O3. The number of hydrogen-bond acceptors (Lipinski definition) is 5. The number of piperazine rings is 1. The van der Waals surface area contributed by atoms with Crippen molar-refractivity contribution in [2.75, 3.05) is 52.9 Å². The van der Waals surface area contributed by atoms with Gasteiger partial charge >= 0.3 is 0 Å². The molecule has 1 aliphatic heterocycles. The van der Waals surface area contributed by atoms with Crippen molar-refractivity contribution in [2.45, 2.75) is 31.9 Å². The Morgan fingerprint density at radius 2 is 2.03 bits per heavy atom. The van der Waals surface area contributed by atoms with Crippen molar-refractivity contribution in [2.24, 2.45) is 4.99 Å². The molecule has 1 aliphatic carbocycles. The second kappa shape index (κ2) is 12.3. The molecule has 1 amide bonds. The number of benzene rings is 1. The van der Waals surface area contributed by atoms with Crippen LogP contribution in [-0.2, 0) is 4.79 Å². The van der Waals surface area contributed by atoms with E-state index in [1.165, 1.54) is 0 Å². The lowest BCUT2D eigenvalue weighted by atomic mass is 10.1. The first-order valence-electron chi connectivity index (χ1n) is 10.5. The van der Waals surface area contributed by atoms with Crippen molar-refractivity contribution in [3.63, 3.8) is 0 Å². The van der Waals surface area contributed by atoms with Gasteiger partial charge in [0.05, 0.1) is 26.3 Å². The highest BCUT2D eigenvalue weighted by atomic mass is 127. The molecule has 8 nitrogen and oxygen atoms in total. The van der Waals surface area contributed by atoms with Crippen LogP contribution in [0.2, 0.25) is 0 Å². The van der Waals surface area contributed by atoms with Crippen molar-refractivity contribution < 1.29 is 14.6 Å². The van der Waals surface area contributed by atoms with E-state index in [0.717, 1.165) is 62.8 Å². The van der Waals surface area contributed by atoms with Crippen LogP contribution in [0.15, 0.2) is 29.3 Å². The number of halogens is 1. The number of aliphatic hydroxyl groups is 1. The largest absolute Gasteiger partial charge is 0.497 e. The number of hydrogen-bond donors (Lipinski definition) is 3. The van der Waals surface area contributed by atoms with E-state index in [-0.39, 0.29) is 36.4 Å². The van der Waals surface area contributed by atoms with Gasteiger partial charge < -0.3 is 25.4 Å². The van der Waals surface area contributed by atoms with E-state index < -0.39 is 6.10 Å². The van der Waals surface area contributed by atoms with Crippen LogP contribution >= 0.6 is 24.0 Å². The molecule has 1 aromatic rings. The van der Waals surface area contributed by atoms with Gasteiger partial charge in [0.25, 0.3) is 0 Å². The maximum atomic E-state index is 12.0. The maximum absolute atomic E-state index is 12.0. The fraction of sp³-hybridized carbons (Fsp3) is 0.619. The van der Waals surface area contributed by atoms with E-state index in [0.29, 0.717) is 12.6 Å². The van der Waals surface area contributed by atoms with Gasteiger partial charge in [0.1, 0.15) is 5.75 Å². The Kier molecular flexibility index (Phi) is 10.1. The highest BCUT2D eigenvalue weighted by Gasteiger charge is 2.26. The quantitative estimate of drug-likeness (QED) is 0.266. The predicted octanol–water partition coefficient (Wildman–Crippen LogP) is 1.21. The second-order valence-corrected chi connectivity index (χ2v) is 7.59.